The highest BCUT2D eigenvalue weighted by molar-refractivity contribution is 7.86. The van der Waals surface area contributed by atoms with Gasteiger partial charge in [0, 0.05) is 6.04 Å². The molecule has 6 heteroatoms. The minimum absolute atomic E-state index is 0.234. The summed E-state index contributed by atoms with van der Waals surface area (Å²) in [5.41, 5.74) is 0. The fourth-order valence-corrected chi connectivity index (χ4v) is 2.20. The van der Waals surface area contributed by atoms with Crippen molar-refractivity contribution in [3.63, 3.8) is 0 Å². The Labute approximate surface area is 83.9 Å². The number of hydrogen-bond donors (Lipinski definition) is 2. The molecule has 1 amide bonds. The van der Waals surface area contributed by atoms with E-state index < -0.39 is 27.3 Å². The summed E-state index contributed by atoms with van der Waals surface area (Å²) in [5, 5.41) is 1.41. The first-order valence-corrected chi connectivity index (χ1v) is 5.72. The van der Waals surface area contributed by atoms with Gasteiger partial charge in [-0.1, -0.05) is 13.5 Å². The molecule has 0 aliphatic carbocycles. The van der Waals surface area contributed by atoms with Crippen molar-refractivity contribution < 1.29 is 17.8 Å². The molecule has 82 valence electrons. The van der Waals surface area contributed by atoms with Crippen LogP contribution >= 0.6 is 0 Å². The second-order valence-corrected chi connectivity index (χ2v) is 4.60. The van der Waals surface area contributed by atoms with Crippen LogP contribution in [-0.4, -0.2) is 30.2 Å². The van der Waals surface area contributed by atoms with E-state index in [0.717, 1.165) is 6.08 Å². The topological polar surface area (TPSA) is 83.5 Å². The highest BCUT2D eigenvalue weighted by atomic mass is 32.2. The van der Waals surface area contributed by atoms with E-state index in [0.29, 0.717) is 0 Å². The van der Waals surface area contributed by atoms with Crippen LogP contribution in [0, 0.1) is 0 Å². The Morgan fingerprint density at radius 1 is 1.64 bits per heavy atom. The minimum atomic E-state index is -4.12. The number of hydrogen-bond acceptors (Lipinski definition) is 3. The number of carbonyl (C=O) groups excluding carboxylic acids is 1. The standard InChI is InChI=1S/C8H15NO4S/c1-4-7(14(11,12)13)6(3)9-8(10)5-2/h5-7H,2,4H2,1,3H3,(H,9,10)(H,11,12,13)/t6-,7?/m1/s1. The SMILES string of the molecule is C=CC(=O)N[C@H](C)C(CC)S(=O)(=O)O. The van der Waals surface area contributed by atoms with Crippen LogP contribution in [0.15, 0.2) is 12.7 Å². The van der Waals surface area contributed by atoms with Crippen LogP contribution in [0.1, 0.15) is 20.3 Å². The van der Waals surface area contributed by atoms with Crippen molar-refractivity contribution in [1.82, 2.24) is 5.32 Å². The Morgan fingerprint density at radius 3 is 2.43 bits per heavy atom. The maximum atomic E-state index is 10.9. The van der Waals surface area contributed by atoms with Crippen molar-refractivity contribution in [1.29, 1.82) is 0 Å². The van der Waals surface area contributed by atoms with Gasteiger partial charge in [-0.3, -0.25) is 9.35 Å². The Balaban J connectivity index is 4.56. The summed E-state index contributed by atoms with van der Waals surface area (Å²) in [6, 6.07) is -0.638. The van der Waals surface area contributed by atoms with Gasteiger partial charge in [-0.05, 0) is 19.4 Å². The Hall–Kier alpha value is -0.880. The van der Waals surface area contributed by atoms with Crippen molar-refractivity contribution in [3.05, 3.63) is 12.7 Å². The van der Waals surface area contributed by atoms with Crippen LogP contribution in [0.5, 0.6) is 0 Å². The lowest BCUT2D eigenvalue weighted by atomic mass is 10.2. The fourth-order valence-electron chi connectivity index (χ4n) is 1.20. The fraction of sp³-hybridized carbons (Fsp3) is 0.625. The lowest BCUT2D eigenvalue weighted by Gasteiger charge is -2.20. The minimum Gasteiger partial charge on any atom is -0.349 e. The summed E-state index contributed by atoms with van der Waals surface area (Å²) in [6.07, 6.45) is 1.28. The first-order chi connectivity index (χ1) is 6.32. The van der Waals surface area contributed by atoms with E-state index in [4.69, 9.17) is 4.55 Å². The van der Waals surface area contributed by atoms with Gasteiger partial charge in [0.25, 0.3) is 10.1 Å². The Morgan fingerprint density at radius 2 is 2.14 bits per heavy atom. The average molecular weight is 221 g/mol. The maximum Gasteiger partial charge on any atom is 0.269 e. The zero-order chi connectivity index (χ0) is 11.4. The van der Waals surface area contributed by atoms with E-state index in [1.54, 1.807) is 6.92 Å². The largest absolute Gasteiger partial charge is 0.349 e. The van der Waals surface area contributed by atoms with Gasteiger partial charge < -0.3 is 5.32 Å². The molecule has 0 saturated heterocycles. The third-order valence-electron chi connectivity index (χ3n) is 1.90. The molecule has 14 heavy (non-hydrogen) atoms. The lowest BCUT2D eigenvalue weighted by molar-refractivity contribution is -0.117. The van der Waals surface area contributed by atoms with E-state index in [-0.39, 0.29) is 6.42 Å². The van der Waals surface area contributed by atoms with Crippen molar-refractivity contribution in [2.45, 2.75) is 31.6 Å². The smallest absolute Gasteiger partial charge is 0.269 e. The average Bonchev–Trinajstić information content (AvgIpc) is 2.02. The molecule has 2 N–H and O–H groups in total. The zero-order valence-electron chi connectivity index (χ0n) is 8.23. The molecule has 2 atom stereocenters. The molecule has 1 unspecified atom stereocenters. The molecule has 0 radical (unpaired) electrons. The second-order valence-electron chi connectivity index (χ2n) is 2.96. The summed E-state index contributed by atoms with van der Waals surface area (Å²) < 4.78 is 30.5. The van der Waals surface area contributed by atoms with E-state index >= 15 is 0 Å². The number of amides is 1. The highest BCUT2D eigenvalue weighted by Gasteiger charge is 2.27. The molecule has 0 aliphatic heterocycles. The van der Waals surface area contributed by atoms with Gasteiger partial charge in [0.05, 0.1) is 0 Å². The van der Waals surface area contributed by atoms with Crippen LogP contribution in [0.3, 0.4) is 0 Å². The van der Waals surface area contributed by atoms with Crippen LogP contribution in [0.2, 0.25) is 0 Å². The van der Waals surface area contributed by atoms with Gasteiger partial charge in [0.2, 0.25) is 5.91 Å². The summed E-state index contributed by atoms with van der Waals surface area (Å²) in [4.78, 5) is 10.9. The van der Waals surface area contributed by atoms with E-state index in [2.05, 4.69) is 11.9 Å². The molecular weight excluding hydrogens is 206 g/mol. The summed E-state index contributed by atoms with van der Waals surface area (Å²) in [5.74, 6) is -0.459. The molecule has 0 aromatic rings. The molecule has 5 nitrogen and oxygen atoms in total. The molecular formula is C8H15NO4S. The molecule has 0 bridgehead atoms. The summed E-state index contributed by atoms with van der Waals surface area (Å²) >= 11 is 0. The van der Waals surface area contributed by atoms with Crippen LogP contribution in [0.25, 0.3) is 0 Å². The lowest BCUT2D eigenvalue weighted by Crippen LogP contribution is -2.43. The van der Waals surface area contributed by atoms with Crippen molar-refractivity contribution in [2.24, 2.45) is 0 Å². The molecule has 0 spiro atoms. The van der Waals surface area contributed by atoms with Gasteiger partial charge in [-0.15, -0.1) is 0 Å². The monoisotopic (exact) mass is 221 g/mol. The second kappa shape index (κ2) is 5.11. The number of carbonyl (C=O) groups is 1. The molecule has 0 saturated carbocycles. The quantitative estimate of drug-likeness (QED) is 0.518. The first kappa shape index (κ1) is 13.1. The maximum absolute atomic E-state index is 10.9. The number of rotatable bonds is 5. The third-order valence-corrected chi connectivity index (χ3v) is 3.40. The van der Waals surface area contributed by atoms with Gasteiger partial charge in [0.1, 0.15) is 5.25 Å². The predicted molar refractivity (Wildman–Crippen MR) is 53.4 cm³/mol. The normalized spacial score (nSPS) is 15.6. The number of nitrogens with one attached hydrogen (secondary N) is 1. The molecule has 0 fully saturated rings. The van der Waals surface area contributed by atoms with E-state index in [1.165, 1.54) is 6.92 Å². The third kappa shape index (κ3) is 3.89. The highest BCUT2D eigenvalue weighted by Crippen LogP contribution is 2.08. The molecule has 0 aromatic carbocycles. The van der Waals surface area contributed by atoms with Gasteiger partial charge in [0.15, 0.2) is 0 Å². The summed E-state index contributed by atoms with van der Waals surface area (Å²) in [6.45, 7) is 6.37. The van der Waals surface area contributed by atoms with Gasteiger partial charge in [-0.2, -0.15) is 8.42 Å². The van der Waals surface area contributed by atoms with Crippen molar-refractivity contribution >= 4 is 16.0 Å². The van der Waals surface area contributed by atoms with E-state index in [1.807, 2.05) is 0 Å². The zero-order valence-corrected chi connectivity index (χ0v) is 9.04. The molecule has 0 heterocycles. The van der Waals surface area contributed by atoms with Crippen molar-refractivity contribution in [2.75, 3.05) is 0 Å². The Bertz CT molecular complexity index is 309. The van der Waals surface area contributed by atoms with E-state index in [9.17, 15) is 13.2 Å². The van der Waals surface area contributed by atoms with Crippen molar-refractivity contribution in [3.8, 4) is 0 Å². The first-order valence-electron chi connectivity index (χ1n) is 4.22. The van der Waals surface area contributed by atoms with Gasteiger partial charge in [-0.25, -0.2) is 0 Å². The van der Waals surface area contributed by atoms with Crippen LogP contribution in [-0.2, 0) is 14.9 Å². The Kier molecular flexibility index (Phi) is 4.79. The molecule has 0 aromatic heterocycles. The molecule has 0 rings (SSSR count). The van der Waals surface area contributed by atoms with Gasteiger partial charge >= 0.3 is 0 Å². The van der Waals surface area contributed by atoms with Crippen LogP contribution < -0.4 is 5.32 Å². The molecule has 0 aliphatic rings. The van der Waals surface area contributed by atoms with Crippen LogP contribution in [0.4, 0.5) is 0 Å². The predicted octanol–water partition coefficient (Wildman–Crippen LogP) is 0.344. The summed E-state index contributed by atoms with van der Waals surface area (Å²) in [7, 11) is -4.12.